The minimum atomic E-state index is -0.648. The van der Waals surface area contributed by atoms with Gasteiger partial charge in [0.15, 0.2) is 0 Å². The van der Waals surface area contributed by atoms with Crippen molar-refractivity contribution in [2.75, 3.05) is 13.7 Å². The third-order valence-corrected chi connectivity index (χ3v) is 6.69. The first kappa shape index (κ1) is 28.3. The van der Waals surface area contributed by atoms with E-state index in [1.165, 1.54) is 4.90 Å². The zero-order valence-corrected chi connectivity index (χ0v) is 20.9. The van der Waals surface area contributed by atoms with Crippen molar-refractivity contribution in [1.29, 1.82) is 0 Å². The maximum Gasteiger partial charge on any atom is 0.232 e. The highest BCUT2D eigenvalue weighted by molar-refractivity contribution is 5.99. The van der Waals surface area contributed by atoms with Crippen molar-refractivity contribution >= 4 is 17.7 Å². The zero-order valence-electron chi connectivity index (χ0n) is 20.9. The van der Waals surface area contributed by atoms with Gasteiger partial charge in [-0.3, -0.25) is 19.3 Å². The molecule has 1 aliphatic heterocycles. The van der Waals surface area contributed by atoms with Crippen LogP contribution in [0.25, 0.3) is 0 Å². The van der Waals surface area contributed by atoms with Crippen LogP contribution in [0.2, 0.25) is 0 Å². The molecule has 0 aromatic rings. The van der Waals surface area contributed by atoms with E-state index in [1.54, 1.807) is 7.11 Å². The largest absolute Gasteiger partial charge is 0.376 e. The molecule has 3 atom stereocenters. The molecular weight excluding hydrogens is 404 g/mol. The van der Waals surface area contributed by atoms with Gasteiger partial charge in [-0.25, -0.2) is 0 Å². The predicted molar refractivity (Wildman–Crippen MR) is 129 cm³/mol. The van der Waals surface area contributed by atoms with E-state index in [1.807, 2.05) is 19.9 Å². The van der Waals surface area contributed by atoms with Gasteiger partial charge in [-0.05, 0) is 51.9 Å². The maximum atomic E-state index is 13.1. The van der Waals surface area contributed by atoms with Gasteiger partial charge in [0.05, 0.1) is 18.1 Å². The lowest BCUT2D eigenvalue weighted by Crippen LogP contribution is -2.48. The van der Waals surface area contributed by atoms with Crippen molar-refractivity contribution in [3.05, 3.63) is 12.7 Å². The fraction of sp³-hybridized carbons (Fsp3) is 0.808. The molecule has 1 unspecified atom stereocenters. The standard InChI is InChI=1S/C26H46N2O4/c1-6-8-10-11-13-18-23(29)27-19-15-14-17-22-26(4,32-5)20-24(30)28(22)25(31)21(3)16-12-9-7-2/h6,21-22H,1,7-20H2,2-5H3,(H,27,29)/t21-,22+,26?/m1/s1. The minimum absolute atomic E-state index is 0.0679. The summed E-state index contributed by atoms with van der Waals surface area (Å²) in [7, 11) is 1.62. The lowest BCUT2D eigenvalue weighted by molar-refractivity contribution is -0.147. The van der Waals surface area contributed by atoms with E-state index in [9.17, 15) is 14.4 Å². The Bertz CT molecular complexity index is 607. The zero-order chi connectivity index (χ0) is 24.0. The van der Waals surface area contributed by atoms with Gasteiger partial charge in [0, 0.05) is 26.0 Å². The Hall–Kier alpha value is -1.69. The third-order valence-electron chi connectivity index (χ3n) is 6.69. The first-order valence-electron chi connectivity index (χ1n) is 12.6. The summed E-state index contributed by atoms with van der Waals surface area (Å²) in [5, 5.41) is 2.99. The third kappa shape index (κ3) is 9.05. The van der Waals surface area contributed by atoms with E-state index in [2.05, 4.69) is 18.8 Å². The molecule has 0 aromatic carbocycles. The summed E-state index contributed by atoms with van der Waals surface area (Å²) in [5.74, 6) is -0.254. The van der Waals surface area contributed by atoms with Crippen LogP contribution in [-0.4, -0.2) is 47.9 Å². The van der Waals surface area contributed by atoms with Crippen LogP contribution in [0.5, 0.6) is 0 Å². The average Bonchev–Trinajstić information content (AvgIpc) is 3.02. The Morgan fingerprint density at radius 1 is 1.22 bits per heavy atom. The molecule has 1 N–H and O–H groups in total. The fourth-order valence-electron chi connectivity index (χ4n) is 4.46. The number of rotatable bonds is 17. The van der Waals surface area contributed by atoms with E-state index in [0.717, 1.165) is 64.2 Å². The number of unbranched alkanes of at least 4 members (excludes halogenated alkanes) is 6. The van der Waals surface area contributed by atoms with Crippen LogP contribution in [0.3, 0.4) is 0 Å². The van der Waals surface area contributed by atoms with Crippen molar-refractivity contribution < 1.29 is 19.1 Å². The second-order valence-electron chi connectivity index (χ2n) is 9.44. The first-order valence-corrected chi connectivity index (χ1v) is 12.6. The number of methoxy groups -OCH3 is 1. The molecule has 3 amide bonds. The van der Waals surface area contributed by atoms with Gasteiger partial charge in [-0.2, -0.15) is 0 Å². The molecule has 6 nitrogen and oxygen atoms in total. The number of imide groups is 1. The lowest BCUT2D eigenvalue weighted by Gasteiger charge is -2.34. The Balaban J connectivity index is 2.50. The molecule has 1 rings (SSSR count). The summed E-state index contributed by atoms with van der Waals surface area (Å²) < 4.78 is 5.72. The van der Waals surface area contributed by atoms with Crippen LogP contribution < -0.4 is 5.32 Å². The molecule has 1 fully saturated rings. The number of hydrogen-bond donors (Lipinski definition) is 1. The number of allylic oxidation sites excluding steroid dienone is 1. The van der Waals surface area contributed by atoms with Gasteiger partial charge in [0.2, 0.25) is 17.7 Å². The first-order chi connectivity index (χ1) is 15.3. The SMILES string of the molecule is C=CCCCCCC(=O)NCCCC[C@@H]1N(C(=O)[C@H](C)CCCCC)C(=O)CC1(C)OC. The maximum absolute atomic E-state index is 13.1. The minimum Gasteiger partial charge on any atom is -0.376 e. The number of likely N-dealkylation sites (tertiary alicyclic amines) is 1. The highest BCUT2D eigenvalue weighted by atomic mass is 16.5. The highest BCUT2D eigenvalue weighted by Gasteiger charge is 2.51. The normalized spacial score (nSPS) is 21.6. The number of ether oxygens (including phenoxy) is 1. The fourth-order valence-corrected chi connectivity index (χ4v) is 4.46. The molecule has 0 bridgehead atoms. The molecular formula is C26H46N2O4. The van der Waals surface area contributed by atoms with Crippen LogP contribution >= 0.6 is 0 Å². The Kier molecular flexibility index (Phi) is 13.5. The molecule has 1 aliphatic rings. The van der Waals surface area contributed by atoms with Gasteiger partial charge in [-0.15, -0.1) is 6.58 Å². The summed E-state index contributed by atoms with van der Waals surface area (Å²) in [5.41, 5.74) is -0.648. The number of amides is 3. The van der Waals surface area contributed by atoms with E-state index >= 15 is 0 Å². The summed E-state index contributed by atoms with van der Waals surface area (Å²) in [6, 6.07) is -0.248. The quantitative estimate of drug-likeness (QED) is 0.245. The van der Waals surface area contributed by atoms with Gasteiger partial charge in [-0.1, -0.05) is 45.6 Å². The Morgan fingerprint density at radius 3 is 2.62 bits per heavy atom. The number of hydrogen-bond acceptors (Lipinski definition) is 4. The Morgan fingerprint density at radius 2 is 1.97 bits per heavy atom. The van der Waals surface area contributed by atoms with E-state index < -0.39 is 5.60 Å². The van der Waals surface area contributed by atoms with Gasteiger partial charge in [0.25, 0.3) is 0 Å². The van der Waals surface area contributed by atoms with E-state index in [0.29, 0.717) is 19.4 Å². The number of carbonyl (C=O) groups excluding carboxylic acids is 3. The Labute approximate surface area is 195 Å². The molecule has 32 heavy (non-hydrogen) atoms. The van der Waals surface area contributed by atoms with Crippen molar-refractivity contribution in [3.8, 4) is 0 Å². The number of carbonyl (C=O) groups is 3. The molecule has 0 aliphatic carbocycles. The van der Waals surface area contributed by atoms with Crippen molar-refractivity contribution in [1.82, 2.24) is 10.2 Å². The molecule has 1 heterocycles. The van der Waals surface area contributed by atoms with E-state index in [-0.39, 0.29) is 36.1 Å². The summed E-state index contributed by atoms with van der Waals surface area (Å²) >= 11 is 0. The molecule has 0 spiro atoms. The number of nitrogens with one attached hydrogen (secondary N) is 1. The van der Waals surface area contributed by atoms with Gasteiger partial charge >= 0.3 is 0 Å². The average molecular weight is 451 g/mol. The van der Waals surface area contributed by atoms with Crippen molar-refractivity contribution in [3.63, 3.8) is 0 Å². The van der Waals surface area contributed by atoms with Gasteiger partial charge < -0.3 is 10.1 Å². The van der Waals surface area contributed by atoms with Crippen LogP contribution in [0, 0.1) is 5.92 Å². The smallest absolute Gasteiger partial charge is 0.232 e. The predicted octanol–water partition coefficient (Wildman–Crippen LogP) is 5.16. The second-order valence-corrected chi connectivity index (χ2v) is 9.44. The van der Waals surface area contributed by atoms with Crippen LogP contribution in [-0.2, 0) is 19.1 Å². The van der Waals surface area contributed by atoms with Crippen molar-refractivity contribution in [2.24, 2.45) is 5.92 Å². The van der Waals surface area contributed by atoms with Crippen LogP contribution in [0.4, 0.5) is 0 Å². The highest BCUT2D eigenvalue weighted by Crippen LogP contribution is 2.36. The van der Waals surface area contributed by atoms with E-state index in [4.69, 9.17) is 4.74 Å². The molecule has 6 heteroatoms. The summed E-state index contributed by atoms with van der Waals surface area (Å²) in [6.07, 6.45) is 13.1. The molecule has 0 radical (unpaired) electrons. The van der Waals surface area contributed by atoms with Gasteiger partial charge in [0.1, 0.15) is 0 Å². The second kappa shape index (κ2) is 15.2. The summed E-state index contributed by atoms with van der Waals surface area (Å²) in [4.78, 5) is 39.3. The lowest BCUT2D eigenvalue weighted by atomic mass is 9.91. The topological polar surface area (TPSA) is 75.7 Å². The molecule has 0 aromatic heterocycles. The molecule has 0 saturated carbocycles. The van der Waals surface area contributed by atoms with Crippen molar-refractivity contribution in [2.45, 2.75) is 116 Å². The summed E-state index contributed by atoms with van der Waals surface area (Å²) in [6.45, 7) is 10.3. The molecule has 1 saturated heterocycles. The molecule has 184 valence electrons. The monoisotopic (exact) mass is 450 g/mol. The number of nitrogens with zero attached hydrogens (tertiary/aromatic N) is 1. The van der Waals surface area contributed by atoms with Crippen LogP contribution in [0.1, 0.15) is 104 Å². The van der Waals surface area contributed by atoms with Crippen LogP contribution in [0.15, 0.2) is 12.7 Å².